The number of rotatable bonds is 2. The van der Waals surface area contributed by atoms with Crippen LogP contribution in [0.25, 0.3) is 0 Å². The van der Waals surface area contributed by atoms with Crippen molar-refractivity contribution in [2.75, 3.05) is 26.3 Å². The fraction of sp³-hybridized carbons (Fsp3) is 0.500. The summed E-state index contributed by atoms with van der Waals surface area (Å²) in [5.41, 5.74) is 0. The molecule has 5 heteroatoms. The van der Waals surface area contributed by atoms with Gasteiger partial charge in [0.05, 0.1) is 9.75 Å². The number of piperidine rings is 1. The van der Waals surface area contributed by atoms with E-state index < -0.39 is 0 Å². The second kappa shape index (κ2) is 6.71. The first-order valence-corrected chi connectivity index (χ1v) is 7.16. The molecule has 1 fully saturated rings. The second-order valence-electron chi connectivity index (χ2n) is 4.57. The molecular weight excluding hydrogens is 262 g/mol. The molecule has 0 spiro atoms. The van der Waals surface area contributed by atoms with Crippen LogP contribution in [0.3, 0.4) is 0 Å². The highest BCUT2D eigenvalue weighted by atomic mass is 32.1. The first-order chi connectivity index (χ1) is 9.24. The van der Waals surface area contributed by atoms with Crippen LogP contribution < -0.4 is 0 Å². The summed E-state index contributed by atoms with van der Waals surface area (Å²) in [5, 5.41) is 17.8. The third kappa shape index (κ3) is 3.57. The molecule has 102 valence electrons. The van der Waals surface area contributed by atoms with Crippen molar-refractivity contribution in [2.24, 2.45) is 5.92 Å². The summed E-state index contributed by atoms with van der Waals surface area (Å²) in [6.07, 6.45) is 1.93. The maximum absolute atomic E-state index is 12.3. The lowest BCUT2D eigenvalue weighted by Gasteiger charge is -2.31. The van der Waals surface area contributed by atoms with Gasteiger partial charge in [0.15, 0.2) is 0 Å². The normalized spacial score (nSPS) is 18.8. The molecule has 1 amide bonds. The van der Waals surface area contributed by atoms with Crippen molar-refractivity contribution in [1.82, 2.24) is 4.90 Å². The third-order valence-corrected chi connectivity index (χ3v) is 4.16. The van der Waals surface area contributed by atoms with Crippen LogP contribution in [0.15, 0.2) is 12.1 Å². The number of hydrogen-bond donors (Lipinski definition) is 2. The standard InChI is InChI=1S/C14H17NO3S/c16-8-2-4-12-5-6-13(19-12)14(18)15-7-1-3-11(9-15)10-17/h5-6,11,16-17H,1,3,7-10H2. The molecule has 4 nitrogen and oxygen atoms in total. The quantitative estimate of drug-likeness (QED) is 0.792. The number of nitrogens with zero attached hydrogens (tertiary/aromatic N) is 1. The van der Waals surface area contributed by atoms with Crippen LogP contribution >= 0.6 is 11.3 Å². The van der Waals surface area contributed by atoms with E-state index in [0.29, 0.717) is 11.4 Å². The smallest absolute Gasteiger partial charge is 0.263 e. The number of aliphatic hydroxyl groups excluding tert-OH is 2. The van der Waals surface area contributed by atoms with Crippen LogP contribution in [0.1, 0.15) is 27.4 Å². The van der Waals surface area contributed by atoms with Crippen molar-refractivity contribution in [3.63, 3.8) is 0 Å². The molecule has 2 heterocycles. The SMILES string of the molecule is O=C(c1ccc(C#CCO)s1)N1CCCC(CO)C1. The Morgan fingerprint density at radius 1 is 1.47 bits per heavy atom. The summed E-state index contributed by atoms with van der Waals surface area (Å²) in [6.45, 7) is 1.35. The summed E-state index contributed by atoms with van der Waals surface area (Å²) in [6, 6.07) is 3.57. The van der Waals surface area contributed by atoms with Crippen molar-refractivity contribution in [3.05, 3.63) is 21.9 Å². The van der Waals surface area contributed by atoms with Crippen LogP contribution in [0, 0.1) is 17.8 Å². The Bertz CT molecular complexity index is 500. The van der Waals surface area contributed by atoms with Crippen molar-refractivity contribution >= 4 is 17.2 Å². The first kappa shape index (κ1) is 14.1. The Hall–Kier alpha value is -1.35. The Morgan fingerprint density at radius 3 is 3.05 bits per heavy atom. The Labute approximate surface area is 116 Å². The van der Waals surface area contributed by atoms with Gasteiger partial charge in [-0.2, -0.15) is 0 Å². The minimum absolute atomic E-state index is 0.0141. The summed E-state index contributed by atoms with van der Waals surface area (Å²) in [7, 11) is 0. The van der Waals surface area contributed by atoms with E-state index in [9.17, 15) is 9.90 Å². The fourth-order valence-electron chi connectivity index (χ4n) is 2.20. The van der Waals surface area contributed by atoms with E-state index in [1.165, 1.54) is 11.3 Å². The van der Waals surface area contributed by atoms with Gasteiger partial charge in [0.25, 0.3) is 5.91 Å². The van der Waals surface area contributed by atoms with E-state index in [1.807, 2.05) is 0 Å². The highest BCUT2D eigenvalue weighted by Gasteiger charge is 2.24. The van der Waals surface area contributed by atoms with Gasteiger partial charge in [-0.1, -0.05) is 11.8 Å². The van der Waals surface area contributed by atoms with Gasteiger partial charge in [-0.3, -0.25) is 4.79 Å². The number of carbonyl (C=O) groups excluding carboxylic acids is 1. The lowest BCUT2D eigenvalue weighted by atomic mass is 9.99. The number of likely N-dealkylation sites (tertiary alicyclic amines) is 1. The molecule has 2 N–H and O–H groups in total. The lowest BCUT2D eigenvalue weighted by molar-refractivity contribution is 0.0625. The maximum Gasteiger partial charge on any atom is 0.263 e. The minimum atomic E-state index is -0.175. The van der Waals surface area contributed by atoms with Gasteiger partial charge in [-0.05, 0) is 30.9 Å². The number of aliphatic hydroxyl groups is 2. The van der Waals surface area contributed by atoms with E-state index in [1.54, 1.807) is 17.0 Å². The van der Waals surface area contributed by atoms with Gasteiger partial charge >= 0.3 is 0 Å². The zero-order valence-electron chi connectivity index (χ0n) is 10.6. The summed E-state index contributed by atoms with van der Waals surface area (Å²) in [4.78, 5) is 15.6. The number of hydrogen-bond acceptors (Lipinski definition) is 4. The molecule has 0 aromatic carbocycles. The number of amides is 1. The predicted octanol–water partition coefficient (Wildman–Crippen LogP) is 0.936. The molecule has 0 saturated carbocycles. The first-order valence-electron chi connectivity index (χ1n) is 6.34. The van der Waals surface area contributed by atoms with Crippen molar-refractivity contribution in [3.8, 4) is 11.8 Å². The largest absolute Gasteiger partial charge is 0.396 e. The second-order valence-corrected chi connectivity index (χ2v) is 5.65. The molecule has 0 aliphatic carbocycles. The molecule has 1 saturated heterocycles. The van der Waals surface area contributed by atoms with Gasteiger partial charge in [0.2, 0.25) is 0 Å². The van der Waals surface area contributed by atoms with Crippen molar-refractivity contribution in [1.29, 1.82) is 0 Å². The third-order valence-electron chi connectivity index (χ3n) is 3.17. The van der Waals surface area contributed by atoms with Gasteiger partial charge in [-0.15, -0.1) is 11.3 Å². The molecule has 0 bridgehead atoms. The molecule has 1 aromatic rings. The Balaban J connectivity index is 2.04. The predicted molar refractivity (Wildman–Crippen MR) is 74.0 cm³/mol. The highest BCUT2D eigenvalue weighted by molar-refractivity contribution is 7.14. The highest BCUT2D eigenvalue weighted by Crippen LogP contribution is 2.22. The lowest BCUT2D eigenvalue weighted by Crippen LogP contribution is -2.40. The average molecular weight is 279 g/mol. The van der Waals surface area contributed by atoms with Crippen LogP contribution in [0.5, 0.6) is 0 Å². The topological polar surface area (TPSA) is 60.8 Å². The molecule has 19 heavy (non-hydrogen) atoms. The van der Waals surface area contributed by atoms with Gasteiger partial charge in [-0.25, -0.2) is 0 Å². The van der Waals surface area contributed by atoms with Gasteiger partial charge in [0.1, 0.15) is 6.61 Å². The molecule has 2 rings (SSSR count). The van der Waals surface area contributed by atoms with E-state index in [-0.39, 0.29) is 25.0 Å². The van der Waals surface area contributed by atoms with Crippen LogP contribution in [-0.4, -0.2) is 47.3 Å². The molecular formula is C14H17NO3S. The molecule has 1 aliphatic rings. The fourth-order valence-corrected chi connectivity index (χ4v) is 3.05. The molecule has 1 atom stereocenters. The molecule has 1 aliphatic heterocycles. The molecule has 1 unspecified atom stereocenters. The summed E-state index contributed by atoms with van der Waals surface area (Å²) in [5.74, 6) is 5.59. The van der Waals surface area contributed by atoms with E-state index >= 15 is 0 Å². The maximum atomic E-state index is 12.3. The average Bonchev–Trinajstić information content (AvgIpc) is 2.93. The van der Waals surface area contributed by atoms with Crippen LogP contribution in [0.2, 0.25) is 0 Å². The van der Waals surface area contributed by atoms with Crippen LogP contribution in [0.4, 0.5) is 0 Å². The summed E-state index contributed by atoms with van der Waals surface area (Å²) >= 11 is 1.34. The van der Waals surface area contributed by atoms with Crippen LogP contribution in [-0.2, 0) is 0 Å². The van der Waals surface area contributed by atoms with E-state index in [2.05, 4.69) is 11.8 Å². The van der Waals surface area contributed by atoms with Crippen molar-refractivity contribution < 1.29 is 15.0 Å². The zero-order valence-corrected chi connectivity index (χ0v) is 11.4. The van der Waals surface area contributed by atoms with E-state index in [0.717, 1.165) is 24.3 Å². The minimum Gasteiger partial charge on any atom is -0.396 e. The monoisotopic (exact) mass is 279 g/mol. The Morgan fingerprint density at radius 2 is 2.32 bits per heavy atom. The molecule has 0 radical (unpaired) electrons. The Kier molecular flexibility index (Phi) is 4.97. The van der Waals surface area contributed by atoms with Gasteiger partial charge < -0.3 is 15.1 Å². The zero-order chi connectivity index (χ0) is 13.7. The summed E-state index contributed by atoms with van der Waals surface area (Å²) < 4.78 is 0. The number of carbonyl (C=O) groups is 1. The van der Waals surface area contributed by atoms with Crippen molar-refractivity contribution in [2.45, 2.75) is 12.8 Å². The number of thiophene rings is 1. The molecule has 1 aromatic heterocycles. The van der Waals surface area contributed by atoms with E-state index in [4.69, 9.17) is 5.11 Å². The van der Waals surface area contributed by atoms with Gasteiger partial charge in [0, 0.05) is 19.7 Å².